The minimum Gasteiger partial charge on any atom is -0.426 e. The van der Waals surface area contributed by atoms with E-state index in [0.29, 0.717) is 24.0 Å². The minimum atomic E-state index is -0.213. The molecule has 1 heterocycles. The minimum absolute atomic E-state index is 0. The molecule has 1 fully saturated rings. The number of benzene rings is 2. The van der Waals surface area contributed by atoms with Gasteiger partial charge in [0.25, 0.3) is 0 Å². The molecule has 1 saturated heterocycles. The second kappa shape index (κ2) is 13.1. The zero-order valence-electron chi connectivity index (χ0n) is 19.9. The van der Waals surface area contributed by atoms with Crippen LogP contribution in [0.5, 0.6) is 5.75 Å². The first-order valence-electron chi connectivity index (χ1n) is 11.7. The molecule has 2 aliphatic rings. The Morgan fingerprint density at radius 3 is 2.35 bits per heavy atom. The number of ether oxygens (including phenoxy) is 1. The van der Waals surface area contributed by atoms with Gasteiger partial charge in [-0.25, -0.2) is 0 Å². The van der Waals surface area contributed by atoms with E-state index in [2.05, 4.69) is 35.0 Å². The second-order valence-electron chi connectivity index (χ2n) is 9.04. The number of piperazine rings is 1. The summed E-state index contributed by atoms with van der Waals surface area (Å²) in [6, 6.07) is 15.7. The molecule has 0 bridgehead atoms. The first kappa shape index (κ1) is 28.1. The maximum atomic E-state index is 12.8. The van der Waals surface area contributed by atoms with Crippen molar-refractivity contribution >= 4 is 42.4 Å². The van der Waals surface area contributed by atoms with Crippen LogP contribution in [0.25, 0.3) is 0 Å². The molecule has 8 heteroatoms. The fourth-order valence-corrected chi connectivity index (χ4v) is 4.63. The number of nitrogens with zero attached hydrogens (tertiary/aromatic N) is 2. The first-order valence-corrected chi connectivity index (χ1v) is 11.7. The number of rotatable bonds is 6. The fraction of sp³-hybridized carbons (Fsp3) is 0.462. The van der Waals surface area contributed by atoms with Crippen LogP contribution in [0.4, 0.5) is 5.69 Å². The van der Waals surface area contributed by atoms with Crippen molar-refractivity contribution in [2.45, 2.75) is 45.1 Å². The topological polar surface area (TPSA) is 61.9 Å². The molecule has 1 unspecified atom stereocenters. The highest BCUT2D eigenvalue weighted by molar-refractivity contribution is 5.92. The number of carbonyl (C=O) groups is 2. The molecule has 1 aliphatic carbocycles. The van der Waals surface area contributed by atoms with Crippen molar-refractivity contribution in [3.05, 3.63) is 59.7 Å². The van der Waals surface area contributed by atoms with Crippen LogP contribution in [-0.4, -0.2) is 60.4 Å². The van der Waals surface area contributed by atoms with Crippen LogP contribution in [0.3, 0.4) is 0 Å². The van der Waals surface area contributed by atoms with E-state index in [0.717, 1.165) is 51.0 Å². The normalized spacial score (nSPS) is 18.3. The van der Waals surface area contributed by atoms with E-state index >= 15 is 0 Å². The largest absolute Gasteiger partial charge is 0.426 e. The van der Waals surface area contributed by atoms with Gasteiger partial charge in [0, 0.05) is 37.9 Å². The molecule has 186 valence electrons. The van der Waals surface area contributed by atoms with Gasteiger partial charge in [-0.3, -0.25) is 19.4 Å². The van der Waals surface area contributed by atoms with Crippen molar-refractivity contribution in [2.75, 3.05) is 38.0 Å². The number of nitrogens with one attached hydrogen (secondary N) is 1. The highest BCUT2D eigenvalue weighted by Gasteiger charge is 2.28. The summed E-state index contributed by atoms with van der Waals surface area (Å²) in [5, 5.41) is 2.95. The van der Waals surface area contributed by atoms with Crippen molar-refractivity contribution in [3.8, 4) is 5.75 Å². The van der Waals surface area contributed by atoms with Crippen LogP contribution < -0.4 is 10.1 Å². The molecule has 0 saturated carbocycles. The second-order valence-corrected chi connectivity index (χ2v) is 9.04. The summed E-state index contributed by atoms with van der Waals surface area (Å²) in [6.45, 7) is 8.61. The quantitative estimate of drug-likeness (QED) is 0.459. The summed E-state index contributed by atoms with van der Waals surface area (Å²) in [7, 11) is 0. The summed E-state index contributed by atoms with van der Waals surface area (Å²) in [5.74, 6) is 0.0531. The van der Waals surface area contributed by atoms with E-state index in [1.54, 1.807) is 24.3 Å². The van der Waals surface area contributed by atoms with Gasteiger partial charge in [0.05, 0.1) is 12.5 Å². The molecule has 6 nitrogen and oxygen atoms in total. The number of hydrogen-bond donors (Lipinski definition) is 1. The van der Waals surface area contributed by atoms with Gasteiger partial charge in [0.2, 0.25) is 5.91 Å². The summed E-state index contributed by atoms with van der Waals surface area (Å²) >= 11 is 0. The summed E-state index contributed by atoms with van der Waals surface area (Å²) in [5.41, 5.74) is 3.03. The smallest absolute Gasteiger partial charge is 0.318 e. The van der Waals surface area contributed by atoms with E-state index < -0.39 is 0 Å². The molecule has 1 amide bonds. The lowest BCUT2D eigenvalue weighted by Gasteiger charge is -2.36. The van der Waals surface area contributed by atoms with Crippen LogP contribution in [0.2, 0.25) is 0 Å². The van der Waals surface area contributed by atoms with Crippen molar-refractivity contribution in [3.63, 3.8) is 0 Å². The average molecular weight is 508 g/mol. The van der Waals surface area contributed by atoms with E-state index in [4.69, 9.17) is 4.74 Å². The highest BCUT2D eigenvalue weighted by Crippen LogP contribution is 2.33. The van der Waals surface area contributed by atoms with Gasteiger partial charge in [-0.1, -0.05) is 24.3 Å². The van der Waals surface area contributed by atoms with Crippen LogP contribution >= 0.6 is 24.8 Å². The predicted molar refractivity (Wildman–Crippen MR) is 140 cm³/mol. The Balaban J connectivity index is 0.00000204. The Morgan fingerprint density at radius 2 is 1.68 bits per heavy atom. The molecule has 1 aliphatic heterocycles. The molecular formula is C26H35Cl2N3O3. The Labute approximate surface area is 214 Å². The highest BCUT2D eigenvalue weighted by atomic mass is 35.5. The summed E-state index contributed by atoms with van der Waals surface area (Å²) < 4.78 is 5.66. The van der Waals surface area contributed by atoms with E-state index in [-0.39, 0.29) is 42.6 Å². The molecule has 4 rings (SSSR count). The molecule has 1 atom stereocenters. The molecule has 0 spiro atoms. The van der Waals surface area contributed by atoms with E-state index in [1.807, 2.05) is 18.2 Å². The lowest BCUT2D eigenvalue weighted by atomic mass is 9.83. The lowest BCUT2D eigenvalue weighted by Crippen LogP contribution is -2.50. The maximum absolute atomic E-state index is 12.8. The Bertz CT molecular complexity index is 945. The third-order valence-electron chi connectivity index (χ3n) is 6.51. The lowest BCUT2D eigenvalue weighted by molar-refractivity contribution is -0.136. The van der Waals surface area contributed by atoms with Crippen molar-refractivity contribution in [1.82, 2.24) is 9.80 Å². The van der Waals surface area contributed by atoms with Crippen LogP contribution in [0, 0.1) is 0 Å². The number of carbonyl (C=O) groups excluding carboxylic acids is 2. The number of hydrogen-bond acceptors (Lipinski definition) is 5. The van der Waals surface area contributed by atoms with Gasteiger partial charge < -0.3 is 10.1 Å². The van der Waals surface area contributed by atoms with Gasteiger partial charge >= 0.3 is 5.97 Å². The van der Waals surface area contributed by atoms with E-state index in [9.17, 15) is 9.59 Å². The molecule has 2 aromatic carbocycles. The number of halogens is 2. The van der Waals surface area contributed by atoms with Gasteiger partial charge in [-0.15, -0.1) is 24.8 Å². The number of fused-ring (bicyclic) bond motifs is 1. The predicted octanol–water partition coefficient (Wildman–Crippen LogP) is 4.52. The third-order valence-corrected chi connectivity index (χ3v) is 6.51. The Kier molecular flexibility index (Phi) is 10.8. The van der Waals surface area contributed by atoms with Crippen LogP contribution in [0.15, 0.2) is 48.5 Å². The Hall–Kier alpha value is -2.12. The zero-order chi connectivity index (χ0) is 22.5. The summed E-state index contributed by atoms with van der Waals surface area (Å²) in [6.07, 6.45) is 2.82. The molecular weight excluding hydrogens is 473 g/mol. The van der Waals surface area contributed by atoms with Crippen molar-refractivity contribution < 1.29 is 14.3 Å². The Morgan fingerprint density at radius 1 is 1.00 bits per heavy atom. The molecule has 0 radical (unpaired) electrons. The zero-order valence-corrected chi connectivity index (χ0v) is 21.5. The maximum Gasteiger partial charge on any atom is 0.318 e. The molecule has 1 N–H and O–H groups in total. The average Bonchev–Trinajstić information content (AvgIpc) is 2.80. The van der Waals surface area contributed by atoms with E-state index in [1.165, 1.54) is 5.56 Å². The van der Waals surface area contributed by atoms with Crippen LogP contribution in [-0.2, 0) is 16.0 Å². The van der Waals surface area contributed by atoms with Crippen molar-refractivity contribution in [1.29, 1.82) is 0 Å². The molecule has 34 heavy (non-hydrogen) atoms. The number of anilines is 1. The first-order chi connectivity index (χ1) is 15.5. The third kappa shape index (κ3) is 7.19. The monoisotopic (exact) mass is 507 g/mol. The molecule has 0 aromatic heterocycles. The molecule has 2 aromatic rings. The summed E-state index contributed by atoms with van der Waals surface area (Å²) in [4.78, 5) is 29.8. The van der Waals surface area contributed by atoms with Gasteiger partial charge in [-0.05, 0) is 68.5 Å². The number of esters is 1. The van der Waals surface area contributed by atoms with Gasteiger partial charge in [0.15, 0.2) is 0 Å². The van der Waals surface area contributed by atoms with Crippen molar-refractivity contribution in [2.24, 2.45) is 0 Å². The van der Waals surface area contributed by atoms with Gasteiger partial charge in [0.1, 0.15) is 5.75 Å². The fourth-order valence-electron chi connectivity index (χ4n) is 4.63. The van der Waals surface area contributed by atoms with Crippen LogP contribution in [0.1, 0.15) is 43.7 Å². The standard InChI is InChI=1S/C26H33N3O3.2ClH/c1-19(2)29-16-14-28(15-17-29)18-25(30)27-21-10-12-22(13-11-21)32-26(31)24-9-5-7-20-6-3-4-8-23(20)24;;/h3-4,6,8,10-13,19,24H,5,7,9,14-18H2,1-2H3,(H,27,30);2*1H. The number of amides is 1. The SMILES string of the molecule is CC(C)N1CCN(CC(=O)Nc2ccc(OC(=O)C3CCCc4ccccc43)cc2)CC1.Cl.Cl. The van der Waals surface area contributed by atoms with Gasteiger partial charge in [-0.2, -0.15) is 0 Å². The number of aryl methyl sites for hydroxylation is 1.